The molecule has 92 valence electrons. The second kappa shape index (κ2) is 4.34. The zero-order valence-corrected chi connectivity index (χ0v) is 10.3. The van der Waals surface area contributed by atoms with Crippen LogP contribution in [0.5, 0.6) is 0 Å². The molecule has 18 heavy (non-hydrogen) atoms. The van der Waals surface area contributed by atoms with Gasteiger partial charge in [0.05, 0.1) is 11.8 Å². The van der Waals surface area contributed by atoms with E-state index in [1.54, 1.807) is 18.2 Å². The maximum atomic E-state index is 12.9. The Hall–Kier alpha value is -1.45. The molecule has 0 spiro atoms. The molecule has 0 radical (unpaired) electrons. The molecule has 0 bridgehead atoms. The van der Waals surface area contributed by atoms with Crippen molar-refractivity contribution >= 4 is 11.6 Å². The molecule has 1 heterocycles. The summed E-state index contributed by atoms with van der Waals surface area (Å²) in [7, 11) is 0. The van der Waals surface area contributed by atoms with Gasteiger partial charge < -0.3 is 5.11 Å². The van der Waals surface area contributed by atoms with E-state index in [9.17, 15) is 9.50 Å². The molecular formula is C14H11ClFNO. The molecule has 0 saturated heterocycles. The maximum Gasteiger partial charge on any atom is 0.130 e. The number of hydrogen-bond acceptors (Lipinski definition) is 2. The fraction of sp³-hybridized carbons (Fsp3) is 0.214. The van der Waals surface area contributed by atoms with Crippen LogP contribution in [-0.4, -0.2) is 10.1 Å². The van der Waals surface area contributed by atoms with Gasteiger partial charge in [-0.05, 0) is 47.7 Å². The Morgan fingerprint density at radius 2 is 2.00 bits per heavy atom. The average molecular weight is 264 g/mol. The van der Waals surface area contributed by atoms with Gasteiger partial charge in [-0.1, -0.05) is 23.7 Å². The summed E-state index contributed by atoms with van der Waals surface area (Å²) in [4.78, 5) is 4.18. The number of nitrogens with zero attached hydrogens (tertiary/aromatic N) is 1. The van der Waals surface area contributed by atoms with Crippen LogP contribution in [0.2, 0.25) is 5.15 Å². The average Bonchev–Trinajstić information content (AvgIpc) is 2.71. The molecule has 4 heteroatoms. The number of benzene rings is 1. The van der Waals surface area contributed by atoms with Gasteiger partial charge in [-0.15, -0.1) is 0 Å². The topological polar surface area (TPSA) is 33.1 Å². The van der Waals surface area contributed by atoms with Crippen LogP contribution >= 0.6 is 11.6 Å². The van der Waals surface area contributed by atoms with Crippen molar-refractivity contribution in [2.24, 2.45) is 0 Å². The number of halogens is 2. The highest BCUT2D eigenvalue weighted by molar-refractivity contribution is 6.29. The van der Waals surface area contributed by atoms with Gasteiger partial charge >= 0.3 is 0 Å². The van der Waals surface area contributed by atoms with Crippen LogP contribution in [0, 0.1) is 5.82 Å². The van der Waals surface area contributed by atoms with Crippen LogP contribution in [0.4, 0.5) is 4.39 Å². The van der Waals surface area contributed by atoms with Gasteiger partial charge in [0.15, 0.2) is 0 Å². The number of rotatable bonds is 1. The molecule has 0 saturated carbocycles. The smallest absolute Gasteiger partial charge is 0.130 e. The lowest BCUT2D eigenvalue weighted by Gasteiger charge is -2.10. The molecule has 1 aromatic carbocycles. The first-order chi connectivity index (χ1) is 8.65. The highest BCUT2D eigenvalue weighted by Gasteiger charge is 2.25. The van der Waals surface area contributed by atoms with E-state index in [0.717, 1.165) is 23.1 Å². The third-order valence-corrected chi connectivity index (χ3v) is 3.46. The molecule has 3 rings (SSSR count). The van der Waals surface area contributed by atoms with Gasteiger partial charge in [0.2, 0.25) is 0 Å². The summed E-state index contributed by atoms with van der Waals surface area (Å²) in [6.07, 6.45) is 0.891. The SMILES string of the molecule is OC1CCc2c(-c3ccc(F)cc3)cc(Cl)nc21. The summed E-state index contributed by atoms with van der Waals surface area (Å²) < 4.78 is 12.9. The molecule has 1 aromatic heterocycles. The summed E-state index contributed by atoms with van der Waals surface area (Å²) in [5.41, 5.74) is 3.49. The lowest BCUT2D eigenvalue weighted by molar-refractivity contribution is 0.176. The molecule has 0 aliphatic heterocycles. The minimum absolute atomic E-state index is 0.268. The largest absolute Gasteiger partial charge is 0.387 e. The lowest BCUT2D eigenvalue weighted by Crippen LogP contribution is -1.97. The van der Waals surface area contributed by atoms with Crippen LogP contribution in [0.3, 0.4) is 0 Å². The highest BCUT2D eigenvalue weighted by atomic mass is 35.5. The van der Waals surface area contributed by atoms with Gasteiger partial charge in [0.1, 0.15) is 11.0 Å². The van der Waals surface area contributed by atoms with Gasteiger partial charge in [-0.2, -0.15) is 0 Å². The number of hydrogen-bond donors (Lipinski definition) is 1. The first-order valence-corrected chi connectivity index (χ1v) is 6.16. The van der Waals surface area contributed by atoms with Crippen LogP contribution in [0.25, 0.3) is 11.1 Å². The molecule has 1 aliphatic carbocycles. The third-order valence-electron chi connectivity index (χ3n) is 3.26. The molecule has 2 nitrogen and oxygen atoms in total. The van der Waals surface area contributed by atoms with E-state index in [1.165, 1.54) is 12.1 Å². The third kappa shape index (κ3) is 1.89. The normalized spacial score (nSPS) is 17.8. The monoisotopic (exact) mass is 263 g/mol. The van der Waals surface area contributed by atoms with Crippen molar-refractivity contribution in [3.05, 3.63) is 52.6 Å². The van der Waals surface area contributed by atoms with Crippen molar-refractivity contribution in [1.82, 2.24) is 4.98 Å². The second-order valence-electron chi connectivity index (χ2n) is 4.42. The summed E-state index contributed by atoms with van der Waals surface area (Å²) in [5, 5.41) is 10.2. The number of fused-ring (bicyclic) bond motifs is 1. The Morgan fingerprint density at radius 3 is 2.72 bits per heavy atom. The zero-order chi connectivity index (χ0) is 12.7. The number of aliphatic hydroxyl groups excluding tert-OH is 1. The van der Waals surface area contributed by atoms with Crippen molar-refractivity contribution in [2.75, 3.05) is 0 Å². The Morgan fingerprint density at radius 1 is 1.28 bits per heavy atom. The predicted molar refractivity (Wildman–Crippen MR) is 67.9 cm³/mol. The van der Waals surface area contributed by atoms with Crippen LogP contribution in [-0.2, 0) is 6.42 Å². The van der Waals surface area contributed by atoms with Gasteiger partial charge in [-0.3, -0.25) is 0 Å². The quantitative estimate of drug-likeness (QED) is 0.799. The number of aliphatic hydroxyl groups is 1. The molecular weight excluding hydrogens is 253 g/mol. The summed E-state index contributed by atoms with van der Waals surface area (Å²) in [6, 6.07) is 8.03. The summed E-state index contributed by atoms with van der Waals surface area (Å²) in [5.74, 6) is -0.268. The molecule has 1 aliphatic rings. The fourth-order valence-corrected chi connectivity index (χ4v) is 2.60. The van der Waals surface area contributed by atoms with E-state index in [1.807, 2.05) is 0 Å². The summed E-state index contributed by atoms with van der Waals surface area (Å²) in [6.45, 7) is 0. The van der Waals surface area contributed by atoms with Crippen molar-refractivity contribution in [1.29, 1.82) is 0 Å². The van der Waals surface area contributed by atoms with E-state index in [4.69, 9.17) is 11.6 Å². The molecule has 1 N–H and O–H groups in total. The predicted octanol–water partition coefficient (Wildman–Crippen LogP) is 3.52. The van der Waals surface area contributed by atoms with Gasteiger partial charge in [-0.25, -0.2) is 9.37 Å². The minimum Gasteiger partial charge on any atom is -0.387 e. The first kappa shape index (κ1) is 11.6. The maximum absolute atomic E-state index is 12.9. The van der Waals surface area contributed by atoms with E-state index >= 15 is 0 Å². The molecule has 0 fully saturated rings. The first-order valence-electron chi connectivity index (χ1n) is 5.78. The Balaban J connectivity index is 2.18. The molecule has 0 amide bonds. The van der Waals surface area contributed by atoms with Crippen LogP contribution in [0.1, 0.15) is 23.8 Å². The molecule has 2 aromatic rings. The second-order valence-corrected chi connectivity index (χ2v) is 4.80. The van der Waals surface area contributed by atoms with Gasteiger partial charge in [0, 0.05) is 0 Å². The van der Waals surface area contributed by atoms with E-state index in [0.29, 0.717) is 17.3 Å². The Bertz CT molecular complexity index is 597. The van der Waals surface area contributed by atoms with Crippen molar-refractivity contribution in [3.8, 4) is 11.1 Å². The van der Waals surface area contributed by atoms with Crippen molar-refractivity contribution in [2.45, 2.75) is 18.9 Å². The minimum atomic E-state index is -0.544. The van der Waals surface area contributed by atoms with E-state index in [-0.39, 0.29) is 5.82 Å². The summed E-state index contributed by atoms with van der Waals surface area (Å²) >= 11 is 5.98. The lowest BCUT2D eigenvalue weighted by atomic mass is 10.00. The molecule has 1 unspecified atom stereocenters. The fourth-order valence-electron chi connectivity index (χ4n) is 2.40. The van der Waals surface area contributed by atoms with Crippen LogP contribution in [0.15, 0.2) is 30.3 Å². The number of pyridine rings is 1. The van der Waals surface area contributed by atoms with E-state index in [2.05, 4.69) is 4.98 Å². The highest BCUT2D eigenvalue weighted by Crippen LogP contribution is 2.37. The zero-order valence-electron chi connectivity index (χ0n) is 9.53. The standard InChI is InChI=1S/C14H11ClFNO/c15-13-7-11(8-1-3-9(16)4-2-8)10-5-6-12(18)14(10)17-13/h1-4,7,12,18H,5-6H2. The Kier molecular flexibility index (Phi) is 2.80. The number of aromatic nitrogens is 1. The molecule has 1 atom stereocenters. The van der Waals surface area contributed by atoms with Crippen molar-refractivity contribution < 1.29 is 9.50 Å². The van der Waals surface area contributed by atoms with E-state index < -0.39 is 6.10 Å². The van der Waals surface area contributed by atoms with Crippen LogP contribution < -0.4 is 0 Å². The van der Waals surface area contributed by atoms with Crippen molar-refractivity contribution in [3.63, 3.8) is 0 Å². The Labute approximate surface area is 109 Å². The van der Waals surface area contributed by atoms with Gasteiger partial charge in [0.25, 0.3) is 0 Å².